The Labute approximate surface area is 188 Å². The number of carbonyl (C=O) groups excluding carboxylic acids is 1. The van der Waals surface area contributed by atoms with Crippen molar-refractivity contribution in [2.45, 2.75) is 18.9 Å². The number of amides is 1. The molecule has 1 N–H and O–H groups in total. The molecule has 3 aromatic rings. The van der Waals surface area contributed by atoms with Crippen LogP contribution in [-0.2, 0) is 4.79 Å². The third kappa shape index (κ3) is 5.51. The zero-order chi connectivity index (χ0) is 22.2. The summed E-state index contributed by atoms with van der Waals surface area (Å²) in [5.74, 6) is 0.484. The lowest BCUT2D eigenvalue weighted by Crippen LogP contribution is -2.45. The summed E-state index contributed by atoms with van der Waals surface area (Å²) in [5, 5.41) is 3.32. The van der Waals surface area contributed by atoms with Gasteiger partial charge in [-0.15, -0.1) is 0 Å². The highest BCUT2D eigenvalue weighted by Gasteiger charge is 2.33. The lowest BCUT2D eigenvalue weighted by molar-refractivity contribution is -0.138. The predicted octanol–water partition coefficient (Wildman–Crippen LogP) is 4.22. The molecular formula is C26H28FN3O2. The number of nitrogens with one attached hydrogen (secondary N) is 1. The Morgan fingerprint density at radius 3 is 2.44 bits per heavy atom. The Bertz CT molecular complexity index is 977. The molecule has 0 saturated carbocycles. The van der Waals surface area contributed by atoms with Crippen LogP contribution < -0.4 is 10.1 Å². The molecule has 1 saturated heterocycles. The second kappa shape index (κ2) is 10.9. The summed E-state index contributed by atoms with van der Waals surface area (Å²) in [5.41, 5.74) is 1.58. The average molecular weight is 434 g/mol. The molecule has 1 atom stereocenters. The number of carbonyl (C=O) groups is 1. The molecule has 1 aliphatic rings. The molecule has 6 heteroatoms. The highest BCUT2D eigenvalue weighted by Crippen LogP contribution is 2.30. The van der Waals surface area contributed by atoms with Gasteiger partial charge in [0, 0.05) is 12.1 Å². The van der Waals surface area contributed by atoms with Crippen molar-refractivity contribution in [2.24, 2.45) is 5.92 Å². The number of nitrogens with zero attached hydrogens (tertiary/aromatic N) is 2. The molecule has 166 valence electrons. The Balaban J connectivity index is 1.64. The minimum Gasteiger partial charge on any atom is -0.492 e. The molecule has 1 amide bonds. The van der Waals surface area contributed by atoms with Crippen LogP contribution in [-0.4, -0.2) is 42.0 Å². The molecule has 2 heterocycles. The monoisotopic (exact) mass is 433 g/mol. The molecule has 32 heavy (non-hydrogen) atoms. The summed E-state index contributed by atoms with van der Waals surface area (Å²) in [6, 6.07) is 21.1. The first-order chi connectivity index (χ1) is 15.7. The van der Waals surface area contributed by atoms with Crippen LogP contribution in [0.5, 0.6) is 5.75 Å². The zero-order valence-electron chi connectivity index (χ0n) is 18.0. The van der Waals surface area contributed by atoms with Crippen molar-refractivity contribution >= 4 is 5.91 Å². The standard InChI is InChI=1S/C26H28FN3O2/c27-22-11-9-20(10-12-22)25(24-8-4-5-15-29-24)30(26(31)21-13-16-28-17-14-21)18-19-32-23-6-2-1-3-7-23/h1-12,15,21,25,28H,13-14,16-19H2. The topological polar surface area (TPSA) is 54.5 Å². The van der Waals surface area contributed by atoms with Gasteiger partial charge in [0.25, 0.3) is 0 Å². The minimum atomic E-state index is -0.418. The maximum absolute atomic E-state index is 13.7. The predicted molar refractivity (Wildman–Crippen MR) is 122 cm³/mol. The summed E-state index contributed by atoms with van der Waals surface area (Å²) < 4.78 is 19.6. The van der Waals surface area contributed by atoms with Gasteiger partial charge in [0.1, 0.15) is 18.2 Å². The van der Waals surface area contributed by atoms with Gasteiger partial charge in [-0.3, -0.25) is 9.78 Å². The maximum atomic E-state index is 13.7. The molecule has 1 aromatic heterocycles. The van der Waals surface area contributed by atoms with Crippen molar-refractivity contribution in [1.82, 2.24) is 15.2 Å². The van der Waals surface area contributed by atoms with Gasteiger partial charge in [-0.25, -0.2) is 4.39 Å². The fraction of sp³-hybridized carbons (Fsp3) is 0.308. The third-order valence-electron chi connectivity index (χ3n) is 5.78. The van der Waals surface area contributed by atoms with E-state index in [1.807, 2.05) is 53.4 Å². The maximum Gasteiger partial charge on any atom is 0.226 e. The van der Waals surface area contributed by atoms with E-state index >= 15 is 0 Å². The normalized spacial score (nSPS) is 15.2. The van der Waals surface area contributed by atoms with Gasteiger partial charge in [-0.2, -0.15) is 0 Å². The van der Waals surface area contributed by atoms with Crippen LogP contribution >= 0.6 is 0 Å². The molecule has 0 radical (unpaired) electrons. The van der Waals surface area contributed by atoms with Crippen LogP contribution in [0.25, 0.3) is 0 Å². The van der Waals surface area contributed by atoms with Crippen LogP contribution in [0.3, 0.4) is 0 Å². The Kier molecular flexibility index (Phi) is 7.46. The van der Waals surface area contributed by atoms with E-state index in [4.69, 9.17) is 4.74 Å². The number of hydrogen-bond acceptors (Lipinski definition) is 4. The lowest BCUT2D eigenvalue weighted by Gasteiger charge is -2.35. The smallest absolute Gasteiger partial charge is 0.226 e. The van der Waals surface area contributed by atoms with Gasteiger partial charge < -0.3 is 15.0 Å². The number of piperidine rings is 1. The van der Waals surface area contributed by atoms with Gasteiger partial charge in [-0.05, 0) is 67.9 Å². The average Bonchev–Trinajstić information content (AvgIpc) is 2.86. The number of aromatic nitrogens is 1. The van der Waals surface area contributed by atoms with Crippen molar-refractivity contribution in [3.05, 3.63) is 96.1 Å². The second-order valence-electron chi connectivity index (χ2n) is 7.93. The SMILES string of the molecule is O=C(C1CCNCC1)N(CCOc1ccccc1)C(c1ccc(F)cc1)c1ccccn1. The van der Waals surface area contributed by atoms with E-state index in [0.717, 1.165) is 42.9 Å². The molecule has 0 aliphatic carbocycles. The molecule has 1 fully saturated rings. The molecule has 2 aromatic carbocycles. The number of hydrogen-bond donors (Lipinski definition) is 1. The van der Waals surface area contributed by atoms with Crippen molar-refractivity contribution in [1.29, 1.82) is 0 Å². The molecule has 0 bridgehead atoms. The molecule has 1 aliphatic heterocycles. The largest absolute Gasteiger partial charge is 0.492 e. The van der Waals surface area contributed by atoms with Crippen molar-refractivity contribution in [3.63, 3.8) is 0 Å². The molecule has 5 nitrogen and oxygen atoms in total. The fourth-order valence-electron chi connectivity index (χ4n) is 4.14. The van der Waals surface area contributed by atoms with Crippen LogP contribution in [0.4, 0.5) is 4.39 Å². The summed E-state index contributed by atoms with van der Waals surface area (Å²) in [6.07, 6.45) is 3.32. The summed E-state index contributed by atoms with van der Waals surface area (Å²) in [7, 11) is 0. The first-order valence-corrected chi connectivity index (χ1v) is 11.1. The second-order valence-corrected chi connectivity index (χ2v) is 7.93. The Morgan fingerprint density at radius 2 is 1.75 bits per heavy atom. The lowest BCUT2D eigenvalue weighted by atomic mass is 9.93. The van der Waals surface area contributed by atoms with E-state index in [1.54, 1.807) is 18.3 Å². The molecule has 1 unspecified atom stereocenters. The van der Waals surface area contributed by atoms with E-state index in [0.29, 0.717) is 13.2 Å². The van der Waals surface area contributed by atoms with Crippen LogP contribution in [0.15, 0.2) is 79.0 Å². The summed E-state index contributed by atoms with van der Waals surface area (Å²) >= 11 is 0. The number of ether oxygens (including phenoxy) is 1. The Morgan fingerprint density at radius 1 is 1.03 bits per heavy atom. The highest BCUT2D eigenvalue weighted by atomic mass is 19.1. The number of benzene rings is 2. The van der Waals surface area contributed by atoms with E-state index in [1.165, 1.54) is 12.1 Å². The minimum absolute atomic E-state index is 0.0559. The van der Waals surface area contributed by atoms with E-state index in [-0.39, 0.29) is 17.6 Å². The van der Waals surface area contributed by atoms with Crippen LogP contribution in [0.1, 0.15) is 30.1 Å². The van der Waals surface area contributed by atoms with E-state index in [2.05, 4.69) is 10.3 Å². The van der Waals surface area contributed by atoms with Gasteiger partial charge in [0.05, 0.1) is 18.3 Å². The summed E-state index contributed by atoms with van der Waals surface area (Å²) in [6.45, 7) is 2.41. The van der Waals surface area contributed by atoms with Gasteiger partial charge >= 0.3 is 0 Å². The zero-order valence-corrected chi connectivity index (χ0v) is 18.0. The third-order valence-corrected chi connectivity index (χ3v) is 5.78. The quantitative estimate of drug-likeness (QED) is 0.578. The first kappa shape index (κ1) is 22.0. The number of pyridine rings is 1. The molecular weight excluding hydrogens is 405 g/mol. The Hall–Kier alpha value is -3.25. The number of rotatable bonds is 8. The van der Waals surface area contributed by atoms with Gasteiger partial charge in [0.15, 0.2) is 0 Å². The fourth-order valence-corrected chi connectivity index (χ4v) is 4.14. The molecule has 0 spiro atoms. The summed E-state index contributed by atoms with van der Waals surface area (Å²) in [4.78, 5) is 20.1. The van der Waals surface area contributed by atoms with E-state index < -0.39 is 6.04 Å². The number of para-hydroxylation sites is 1. The van der Waals surface area contributed by atoms with Crippen LogP contribution in [0.2, 0.25) is 0 Å². The van der Waals surface area contributed by atoms with Crippen LogP contribution in [0, 0.1) is 11.7 Å². The van der Waals surface area contributed by atoms with Crippen molar-refractivity contribution in [3.8, 4) is 5.75 Å². The van der Waals surface area contributed by atoms with Gasteiger partial charge in [-0.1, -0.05) is 36.4 Å². The van der Waals surface area contributed by atoms with Crippen molar-refractivity contribution < 1.29 is 13.9 Å². The highest BCUT2D eigenvalue weighted by molar-refractivity contribution is 5.80. The first-order valence-electron chi connectivity index (χ1n) is 11.1. The van der Waals surface area contributed by atoms with E-state index in [9.17, 15) is 9.18 Å². The van der Waals surface area contributed by atoms with Gasteiger partial charge in [0.2, 0.25) is 5.91 Å². The number of halogens is 1. The molecule has 4 rings (SSSR count). The van der Waals surface area contributed by atoms with Crippen molar-refractivity contribution in [2.75, 3.05) is 26.2 Å².